The third kappa shape index (κ3) is 1.97. The minimum absolute atomic E-state index is 0.153. The molecule has 0 aliphatic carbocycles. The van der Waals surface area contributed by atoms with Gasteiger partial charge in [0.25, 0.3) is 0 Å². The van der Waals surface area contributed by atoms with E-state index in [1.807, 2.05) is 0 Å². The van der Waals surface area contributed by atoms with Gasteiger partial charge in [0.1, 0.15) is 11.6 Å². The standard InChI is InChI=1S/C10H10FNO/c1-7-4-10(13-3)8(6-12-2)5-9(7)11/h4-5H,6H2,1,3H3. The molecule has 0 heterocycles. The van der Waals surface area contributed by atoms with Crippen LogP contribution >= 0.6 is 0 Å². The molecule has 0 bridgehead atoms. The highest BCUT2D eigenvalue weighted by atomic mass is 19.1. The zero-order valence-electron chi connectivity index (χ0n) is 7.60. The van der Waals surface area contributed by atoms with Crippen LogP contribution in [0.15, 0.2) is 12.1 Å². The molecule has 0 saturated heterocycles. The van der Waals surface area contributed by atoms with Crippen LogP contribution < -0.4 is 4.74 Å². The second-order valence-electron chi connectivity index (χ2n) is 2.73. The molecule has 0 radical (unpaired) electrons. The van der Waals surface area contributed by atoms with Gasteiger partial charge in [-0.25, -0.2) is 11.0 Å². The zero-order chi connectivity index (χ0) is 9.84. The molecule has 1 aromatic carbocycles. The Hall–Kier alpha value is -1.56. The minimum atomic E-state index is -0.292. The maximum atomic E-state index is 13.1. The van der Waals surface area contributed by atoms with Gasteiger partial charge in [-0.1, -0.05) is 0 Å². The Morgan fingerprint density at radius 3 is 2.77 bits per heavy atom. The van der Waals surface area contributed by atoms with Crippen molar-refractivity contribution in [2.45, 2.75) is 13.5 Å². The van der Waals surface area contributed by atoms with Gasteiger partial charge in [0, 0.05) is 0 Å². The maximum Gasteiger partial charge on any atom is 0.243 e. The van der Waals surface area contributed by atoms with Crippen LogP contribution in [0.1, 0.15) is 11.1 Å². The van der Waals surface area contributed by atoms with E-state index >= 15 is 0 Å². The Labute approximate surface area is 76.8 Å². The number of rotatable bonds is 2. The minimum Gasteiger partial charge on any atom is -0.496 e. The second-order valence-corrected chi connectivity index (χ2v) is 2.73. The number of methoxy groups -OCH3 is 1. The molecular weight excluding hydrogens is 169 g/mol. The van der Waals surface area contributed by atoms with Gasteiger partial charge in [0.05, 0.1) is 12.7 Å². The number of nitrogens with zero attached hydrogens (tertiary/aromatic N) is 1. The number of halogens is 1. The summed E-state index contributed by atoms with van der Waals surface area (Å²) in [7, 11) is 1.51. The first kappa shape index (κ1) is 9.53. The van der Waals surface area contributed by atoms with Crippen LogP contribution in [0.25, 0.3) is 4.85 Å². The monoisotopic (exact) mass is 179 g/mol. The molecule has 0 aliphatic rings. The molecule has 0 unspecified atom stereocenters. The van der Waals surface area contributed by atoms with Crippen LogP contribution in [-0.2, 0) is 6.54 Å². The molecule has 0 atom stereocenters. The van der Waals surface area contributed by atoms with E-state index in [0.717, 1.165) is 0 Å². The Balaban J connectivity index is 3.18. The molecule has 0 aliphatic heterocycles. The summed E-state index contributed by atoms with van der Waals surface area (Å²) in [5, 5.41) is 0. The normalized spacial score (nSPS) is 9.38. The van der Waals surface area contributed by atoms with Crippen LogP contribution in [0.3, 0.4) is 0 Å². The molecule has 0 saturated carbocycles. The average molecular weight is 179 g/mol. The van der Waals surface area contributed by atoms with Crippen molar-refractivity contribution in [2.75, 3.05) is 7.11 Å². The first-order valence-electron chi connectivity index (χ1n) is 3.85. The smallest absolute Gasteiger partial charge is 0.243 e. The summed E-state index contributed by atoms with van der Waals surface area (Å²) < 4.78 is 18.1. The molecule has 1 aromatic rings. The summed E-state index contributed by atoms with van der Waals surface area (Å²) in [6.45, 7) is 8.50. The summed E-state index contributed by atoms with van der Waals surface area (Å²) in [5.74, 6) is 0.286. The van der Waals surface area contributed by atoms with Crippen molar-refractivity contribution in [3.05, 3.63) is 40.5 Å². The molecule has 3 heteroatoms. The van der Waals surface area contributed by atoms with Crippen LogP contribution in [0.4, 0.5) is 4.39 Å². The Bertz CT molecular complexity index is 355. The lowest BCUT2D eigenvalue weighted by atomic mass is 10.1. The fraction of sp³-hybridized carbons (Fsp3) is 0.300. The molecule has 0 fully saturated rings. The predicted molar refractivity (Wildman–Crippen MR) is 48.0 cm³/mol. The number of ether oxygens (including phenoxy) is 1. The van der Waals surface area contributed by atoms with E-state index in [-0.39, 0.29) is 12.4 Å². The molecule has 0 aromatic heterocycles. The van der Waals surface area contributed by atoms with Crippen LogP contribution in [0, 0.1) is 19.3 Å². The number of hydrogen-bond acceptors (Lipinski definition) is 1. The highest BCUT2D eigenvalue weighted by Crippen LogP contribution is 2.23. The van der Waals surface area contributed by atoms with E-state index in [4.69, 9.17) is 11.3 Å². The predicted octanol–water partition coefficient (Wildman–Crippen LogP) is 2.56. The third-order valence-corrected chi connectivity index (χ3v) is 1.81. The lowest BCUT2D eigenvalue weighted by Gasteiger charge is -2.05. The van der Waals surface area contributed by atoms with Gasteiger partial charge in [-0.3, -0.25) is 0 Å². The van der Waals surface area contributed by atoms with Crippen molar-refractivity contribution >= 4 is 0 Å². The van der Waals surface area contributed by atoms with Gasteiger partial charge in [-0.05, 0) is 24.6 Å². The quantitative estimate of drug-likeness (QED) is 0.636. The SMILES string of the molecule is [C-]#[N+]Cc1cc(F)c(C)cc1OC. The van der Waals surface area contributed by atoms with E-state index in [0.29, 0.717) is 16.9 Å². The van der Waals surface area contributed by atoms with Crippen LogP contribution in [-0.4, -0.2) is 7.11 Å². The lowest BCUT2D eigenvalue weighted by molar-refractivity contribution is 0.409. The van der Waals surface area contributed by atoms with Gasteiger partial charge in [0.2, 0.25) is 6.54 Å². The molecule has 1 rings (SSSR count). The topological polar surface area (TPSA) is 13.6 Å². The zero-order valence-corrected chi connectivity index (χ0v) is 7.60. The molecular formula is C10H10FNO. The first-order chi connectivity index (χ1) is 6.19. The molecule has 0 amide bonds. The van der Waals surface area contributed by atoms with Gasteiger partial charge in [-0.2, -0.15) is 0 Å². The van der Waals surface area contributed by atoms with Crippen molar-refractivity contribution in [1.29, 1.82) is 0 Å². The Morgan fingerprint density at radius 1 is 1.54 bits per heavy atom. The van der Waals surface area contributed by atoms with Crippen LogP contribution in [0.5, 0.6) is 5.75 Å². The first-order valence-corrected chi connectivity index (χ1v) is 3.85. The van der Waals surface area contributed by atoms with E-state index in [1.165, 1.54) is 13.2 Å². The molecule has 68 valence electrons. The van der Waals surface area contributed by atoms with E-state index in [2.05, 4.69) is 4.85 Å². The average Bonchev–Trinajstić information content (AvgIpc) is 2.11. The van der Waals surface area contributed by atoms with Gasteiger partial charge < -0.3 is 9.58 Å². The summed E-state index contributed by atoms with van der Waals surface area (Å²) in [4.78, 5) is 3.19. The number of aryl methyl sites for hydroxylation is 1. The molecule has 0 N–H and O–H groups in total. The highest BCUT2D eigenvalue weighted by Gasteiger charge is 2.09. The lowest BCUT2D eigenvalue weighted by Crippen LogP contribution is -1.93. The highest BCUT2D eigenvalue weighted by molar-refractivity contribution is 5.38. The van der Waals surface area contributed by atoms with Crippen molar-refractivity contribution in [2.24, 2.45) is 0 Å². The van der Waals surface area contributed by atoms with Gasteiger partial charge in [0.15, 0.2) is 0 Å². The fourth-order valence-corrected chi connectivity index (χ4v) is 1.09. The third-order valence-electron chi connectivity index (χ3n) is 1.81. The second kappa shape index (κ2) is 3.90. The van der Waals surface area contributed by atoms with Crippen LogP contribution in [0.2, 0.25) is 0 Å². The summed E-state index contributed by atoms with van der Waals surface area (Å²) in [6.07, 6.45) is 0. The largest absolute Gasteiger partial charge is 0.496 e. The fourth-order valence-electron chi connectivity index (χ4n) is 1.09. The molecule has 2 nitrogen and oxygen atoms in total. The van der Waals surface area contributed by atoms with Crippen molar-refractivity contribution in [3.8, 4) is 5.75 Å². The number of hydrogen-bond donors (Lipinski definition) is 0. The molecule has 0 spiro atoms. The van der Waals surface area contributed by atoms with Crippen molar-refractivity contribution < 1.29 is 9.13 Å². The van der Waals surface area contributed by atoms with Gasteiger partial charge >= 0.3 is 0 Å². The number of benzene rings is 1. The van der Waals surface area contributed by atoms with E-state index in [1.54, 1.807) is 13.0 Å². The summed E-state index contributed by atoms with van der Waals surface area (Å²) in [6, 6.07) is 2.96. The molecule has 13 heavy (non-hydrogen) atoms. The Morgan fingerprint density at radius 2 is 2.23 bits per heavy atom. The van der Waals surface area contributed by atoms with E-state index < -0.39 is 0 Å². The van der Waals surface area contributed by atoms with Gasteiger partial charge in [-0.15, -0.1) is 0 Å². The maximum absolute atomic E-state index is 13.1. The summed E-state index contributed by atoms with van der Waals surface area (Å²) in [5.41, 5.74) is 1.13. The van der Waals surface area contributed by atoms with Crippen molar-refractivity contribution in [3.63, 3.8) is 0 Å². The van der Waals surface area contributed by atoms with E-state index in [9.17, 15) is 4.39 Å². The summed E-state index contributed by atoms with van der Waals surface area (Å²) >= 11 is 0. The van der Waals surface area contributed by atoms with Crippen molar-refractivity contribution in [1.82, 2.24) is 0 Å². The Kier molecular flexibility index (Phi) is 2.86.